The highest BCUT2D eigenvalue weighted by molar-refractivity contribution is 9.09. The van der Waals surface area contributed by atoms with Gasteiger partial charge in [-0.25, -0.2) is 0 Å². The highest BCUT2D eigenvalue weighted by atomic mass is 79.9. The lowest BCUT2D eigenvalue weighted by Gasteiger charge is -2.43. The Morgan fingerprint density at radius 2 is 1.21 bits per heavy atom. The first kappa shape index (κ1) is 23.8. The maximum Gasteiger partial charge on any atom is 0.316 e. The molecule has 158 valence electrons. The summed E-state index contributed by atoms with van der Waals surface area (Å²) >= 11 is 2.92. The second-order valence-corrected chi connectivity index (χ2v) is 6.25. The van der Waals surface area contributed by atoms with Crippen LogP contribution in [0, 0.1) is 0 Å². The van der Waals surface area contributed by atoms with E-state index >= 15 is 0 Å². The Hall–Kier alpha value is -2.21. The van der Waals surface area contributed by atoms with Crippen LogP contribution in [-0.4, -0.2) is 72.5 Å². The number of carbonyl (C=O) groups is 5. The molecule has 0 aromatic heterocycles. The summed E-state index contributed by atoms with van der Waals surface area (Å²) in [6.45, 7) is 3.95. The maximum absolute atomic E-state index is 11.6. The molecule has 1 aliphatic heterocycles. The van der Waals surface area contributed by atoms with E-state index in [1.165, 1.54) is 0 Å². The van der Waals surface area contributed by atoms with E-state index in [0.29, 0.717) is 0 Å². The molecule has 12 heteroatoms. The van der Waals surface area contributed by atoms with E-state index in [9.17, 15) is 24.0 Å². The largest absolute Gasteiger partial charge is 0.462 e. The molecule has 0 aliphatic carbocycles. The predicted octanol–water partition coefficient (Wildman–Crippen LogP) is 0.00760. The third kappa shape index (κ3) is 7.43. The molecule has 0 saturated carbocycles. The van der Waals surface area contributed by atoms with Crippen molar-refractivity contribution < 1.29 is 52.4 Å². The Balaban J connectivity index is 3.27. The van der Waals surface area contributed by atoms with Crippen molar-refractivity contribution >= 4 is 45.8 Å². The van der Waals surface area contributed by atoms with Gasteiger partial charge in [0.25, 0.3) is 0 Å². The molecular formula is C16H21BrO11. The lowest BCUT2D eigenvalue weighted by molar-refractivity contribution is -0.300. The number of ether oxygens (including phenoxy) is 6. The molecule has 0 N–H and O–H groups in total. The van der Waals surface area contributed by atoms with Gasteiger partial charge in [0, 0.05) is 27.7 Å². The van der Waals surface area contributed by atoms with Crippen LogP contribution in [-0.2, 0) is 52.4 Å². The minimum atomic E-state index is -1.50. The maximum atomic E-state index is 11.6. The molecule has 0 spiro atoms. The molecule has 0 aromatic carbocycles. The van der Waals surface area contributed by atoms with Crippen LogP contribution in [0.3, 0.4) is 0 Å². The quantitative estimate of drug-likeness (QED) is 0.283. The Kier molecular flexibility index (Phi) is 9.32. The van der Waals surface area contributed by atoms with Gasteiger partial charge >= 0.3 is 29.8 Å². The van der Waals surface area contributed by atoms with E-state index in [4.69, 9.17) is 28.4 Å². The van der Waals surface area contributed by atoms with Crippen molar-refractivity contribution in [2.75, 3.05) is 11.9 Å². The zero-order valence-corrected chi connectivity index (χ0v) is 17.3. The van der Waals surface area contributed by atoms with Crippen molar-refractivity contribution in [2.24, 2.45) is 0 Å². The Bertz CT molecular complexity index is 620. The van der Waals surface area contributed by atoms with Gasteiger partial charge in [0.05, 0.1) is 0 Å². The summed E-state index contributed by atoms with van der Waals surface area (Å²) in [6, 6.07) is 0. The third-order valence-electron chi connectivity index (χ3n) is 3.30. The van der Waals surface area contributed by atoms with Crippen LogP contribution in [0.4, 0.5) is 0 Å². The summed E-state index contributed by atoms with van der Waals surface area (Å²) in [5.41, 5.74) is 0. The van der Waals surface area contributed by atoms with Crippen molar-refractivity contribution in [1.82, 2.24) is 0 Å². The average molecular weight is 469 g/mol. The second-order valence-electron chi connectivity index (χ2n) is 5.69. The van der Waals surface area contributed by atoms with Gasteiger partial charge in [-0.1, -0.05) is 15.9 Å². The standard InChI is InChI=1S/C16H21BrO11/c1-7(18)24-13-11(6-23-12(22)5-17)28-16(27-10(4)21)15(26-9(3)20)14(13)25-8(2)19/h11,13-16H,5-6H2,1-4H3/t11-,13+,14+,15-,16?/m1/s1. The van der Waals surface area contributed by atoms with E-state index < -0.39 is 67.2 Å². The lowest BCUT2D eigenvalue weighted by atomic mass is 9.98. The molecule has 11 nitrogen and oxygen atoms in total. The molecular weight excluding hydrogens is 448 g/mol. The zero-order valence-electron chi connectivity index (χ0n) is 15.7. The number of carbonyl (C=O) groups excluding carboxylic acids is 5. The molecule has 0 bridgehead atoms. The fraction of sp³-hybridized carbons (Fsp3) is 0.688. The molecule has 5 atom stereocenters. The summed E-state index contributed by atoms with van der Waals surface area (Å²) in [5.74, 6) is -3.73. The number of hydrogen-bond acceptors (Lipinski definition) is 11. The summed E-state index contributed by atoms with van der Waals surface area (Å²) in [5, 5.41) is -0.102. The summed E-state index contributed by atoms with van der Waals surface area (Å²) in [7, 11) is 0. The monoisotopic (exact) mass is 468 g/mol. The fourth-order valence-corrected chi connectivity index (χ4v) is 2.62. The second kappa shape index (κ2) is 11.0. The van der Waals surface area contributed by atoms with Crippen LogP contribution >= 0.6 is 15.9 Å². The van der Waals surface area contributed by atoms with E-state index in [1.54, 1.807) is 0 Å². The van der Waals surface area contributed by atoms with Gasteiger partial charge in [-0.2, -0.15) is 0 Å². The zero-order chi connectivity index (χ0) is 21.4. The van der Waals surface area contributed by atoms with Gasteiger partial charge in [0.15, 0.2) is 12.2 Å². The number of halogens is 1. The number of rotatable bonds is 7. The smallest absolute Gasteiger partial charge is 0.316 e. The average Bonchev–Trinajstić information content (AvgIpc) is 2.56. The normalized spacial score (nSPS) is 26.5. The summed E-state index contributed by atoms with van der Waals surface area (Å²) in [4.78, 5) is 57.5. The van der Waals surface area contributed by atoms with Crippen LogP contribution in [0.15, 0.2) is 0 Å². The van der Waals surface area contributed by atoms with E-state index in [1.807, 2.05) is 0 Å². The minimum absolute atomic E-state index is 0.102. The molecule has 1 unspecified atom stereocenters. The molecule has 0 radical (unpaired) electrons. The first-order valence-corrected chi connectivity index (χ1v) is 9.23. The van der Waals surface area contributed by atoms with Crippen molar-refractivity contribution in [3.8, 4) is 0 Å². The molecule has 1 fully saturated rings. The van der Waals surface area contributed by atoms with E-state index in [2.05, 4.69) is 15.9 Å². The third-order valence-corrected chi connectivity index (χ3v) is 3.75. The van der Waals surface area contributed by atoms with Gasteiger partial charge in [-0.3, -0.25) is 24.0 Å². The van der Waals surface area contributed by atoms with Crippen molar-refractivity contribution in [2.45, 2.75) is 58.4 Å². The highest BCUT2D eigenvalue weighted by Gasteiger charge is 2.53. The number of alkyl halides is 1. The Morgan fingerprint density at radius 1 is 0.750 bits per heavy atom. The lowest BCUT2D eigenvalue weighted by Crippen LogP contribution is -2.63. The minimum Gasteiger partial charge on any atom is -0.462 e. The highest BCUT2D eigenvalue weighted by Crippen LogP contribution is 2.30. The van der Waals surface area contributed by atoms with Crippen LogP contribution in [0.5, 0.6) is 0 Å². The van der Waals surface area contributed by atoms with Gasteiger partial charge in [0.2, 0.25) is 12.4 Å². The first-order valence-electron chi connectivity index (χ1n) is 8.11. The topological polar surface area (TPSA) is 141 Å². The predicted molar refractivity (Wildman–Crippen MR) is 91.8 cm³/mol. The molecule has 1 saturated heterocycles. The van der Waals surface area contributed by atoms with E-state index in [-0.39, 0.29) is 5.33 Å². The molecule has 1 rings (SSSR count). The van der Waals surface area contributed by atoms with Crippen molar-refractivity contribution in [3.05, 3.63) is 0 Å². The molecule has 28 heavy (non-hydrogen) atoms. The van der Waals surface area contributed by atoms with Crippen LogP contribution in [0.1, 0.15) is 27.7 Å². The summed E-state index contributed by atoms with van der Waals surface area (Å²) < 4.78 is 31.0. The molecule has 1 aliphatic rings. The number of esters is 5. The molecule has 0 aromatic rings. The van der Waals surface area contributed by atoms with Gasteiger partial charge in [-0.05, 0) is 0 Å². The Labute approximate surface area is 169 Å². The van der Waals surface area contributed by atoms with E-state index in [0.717, 1.165) is 27.7 Å². The first-order chi connectivity index (χ1) is 13.0. The summed E-state index contributed by atoms with van der Waals surface area (Å²) in [6.07, 6.45) is -6.77. The van der Waals surface area contributed by atoms with Gasteiger partial charge < -0.3 is 28.4 Å². The van der Waals surface area contributed by atoms with Gasteiger partial charge in [-0.15, -0.1) is 0 Å². The Morgan fingerprint density at radius 3 is 1.68 bits per heavy atom. The van der Waals surface area contributed by atoms with Crippen LogP contribution in [0.2, 0.25) is 0 Å². The van der Waals surface area contributed by atoms with Crippen molar-refractivity contribution in [3.63, 3.8) is 0 Å². The number of hydrogen-bond donors (Lipinski definition) is 0. The van der Waals surface area contributed by atoms with Crippen molar-refractivity contribution in [1.29, 1.82) is 0 Å². The van der Waals surface area contributed by atoms with Crippen LogP contribution < -0.4 is 0 Å². The molecule has 0 amide bonds. The van der Waals surface area contributed by atoms with Crippen LogP contribution in [0.25, 0.3) is 0 Å². The fourth-order valence-electron chi connectivity index (χ4n) is 2.46. The van der Waals surface area contributed by atoms with Gasteiger partial charge in [0.1, 0.15) is 18.0 Å². The SMILES string of the molecule is CC(=O)OC1O[C@H](COC(=O)CBr)[C@H](OC(C)=O)[C@H](OC(C)=O)[C@H]1OC(C)=O. The molecule has 1 heterocycles.